The van der Waals surface area contributed by atoms with Crippen molar-refractivity contribution >= 4 is 29.3 Å². The first-order valence-electron chi connectivity index (χ1n) is 12.1. The van der Waals surface area contributed by atoms with Gasteiger partial charge in [0.1, 0.15) is 6.04 Å². The van der Waals surface area contributed by atoms with Crippen molar-refractivity contribution in [3.63, 3.8) is 0 Å². The number of piperidine rings is 2. The van der Waals surface area contributed by atoms with Gasteiger partial charge in [0.05, 0.1) is 10.6 Å². The van der Waals surface area contributed by atoms with Gasteiger partial charge in [0, 0.05) is 31.7 Å². The summed E-state index contributed by atoms with van der Waals surface area (Å²) in [6, 6.07) is 13.9. The first-order valence-corrected chi connectivity index (χ1v) is 12.5. The molecule has 2 fully saturated rings. The third-order valence-electron chi connectivity index (χ3n) is 6.94. The highest BCUT2D eigenvalue weighted by molar-refractivity contribution is 6.33. The van der Waals surface area contributed by atoms with E-state index in [-0.39, 0.29) is 23.6 Å². The van der Waals surface area contributed by atoms with Gasteiger partial charge in [-0.25, -0.2) is 0 Å². The minimum Gasteiger partial charge on any atom is -0.341 e. The predicted octanol–water partition coefficient (Wildman–Crippen LogP) is 4.31. The Balaban J connectivity index is 1.47. The minimum atomic E-state index is -0.626. The number of carbonyl (C=O) groups excluding carboxylic acids is 3. The number of likely N-dealkylation sites (tertiary alicyclic amines) is 2. The van der Waals surface area contributed by atoms with E-state index in [0.717, 1.165) is 37.9 Å². The van der Waals surface area contributed by atoms with Crippen molar-refractivity contribution in [2.45, 2.75) is 45.1 Å². The molecule has 0 bridgehead atoms. The van der Waals surface area contributed by atoms with Crippen LogP contribution in [-0.2, 0) is 4.79 Å². The molecule has 0 radical (unpaired) electrons. The molecule has 7 heteroatoms. The number of nitrogens with one attached hydrogen (secondary N) is 1. The quantitative estimate of drug-likeness (QED) is 0.691. The average molecular weight is 482 g/mol. The van der Waals surface area contributed by atoms with Gasteiger partial charge >= 0.3 is 0 Å². The number of benzene rings is 2. The largest absolute Gasteiger partial charge is 0.341 e. The summed E-state index contributed by atoms with van der Waals surface area (Å²) in [7, 11) is 0. The molecule has 2 heterocycles. The van der Waals surface area contributed by atoms with Crippen LogP contribution in [0.3, 0.4) is 0 Å². The highest BCUT2D eigenvalue weighted by Gasteiger charge is 2.36. The van der Waals surface area contributed by atoms with E-state index in [2.05, 4.69) is 5.32 Å². The average Bonchev–Trinajstić information content (AvgIpc) is 2.88. The number of halogens is 1. The topological polar surface area (TPSA) is 69.7 Å². The van der Waals surface area contributed by atoms with E-state index < -0.39 is 6.04 Å². The molecule has 3 amide bonds. The zero-order valence-electron chi connectivity index (χ0n) is 19.6. The summed E-state index contributed by atoms with van der Waals surface area (Å²) >= 11 is 6.24. The third-order valence-corrected chi connectivity index (χ3v) is 7.27. The molecular formula is C27H32ClN3O3. The lowest BCUT2D eigenvalue weighted by molar-refractivity contribution is -0.136. The molecule has 0 aliphatic carbocycles. The van der Waals surface area contributed by atoms with Gasteiger partial charge in [0.2, 0.25) is 5.91 Å². The van der Waals surface area contributed by atoms with Gasteiger partial charge in [-0.15, -0.1) is 0 Å². The van der Waals surface area contributed by atoms with E-state index >= 15 is 0 Å². The highest BCUT2D eigenvalue weighted by atomic mass is 35.5. The van der Waals surface area contributed by atoms with Crippen molar-refractivity contribution in [3.05, 3.63) is 70.2 Å². The molecule has 6 nitrogen and oxygen atoms in total. The van der Waals surface area contributed by atoms with Gasteiger partial charge < -0.3 is 15.1 Å². The number of hydrogen-bond donors (Lipinski definition) is 1. The van der Waals surface area contributed by atoms with Crippen molar-refractivity contribution in [2.75, 3.05) is 26.2 Å². The van der Waals surface area contributed by atoms with Crippen LogP contribution < -0.4 is 5.32 Å². The zero-order chi connectivity index (χ0) is 24.1. The summed E-state index contributed by atoms with van der Waals surface area (Å²) in [5, 5.41) is 3.37. The van der Waals surface area contributed by atoms with Gasteiger partial charge in [-0.05, 0) is 69.2 Å². The number of hydrogen-bond acceptors (Lipinski definition) is 3. The van der Waals surface area contributed by atoms with Gasteiger partial charge in [-0.3, -0.25) is 14.4 Å². The van der Waals surface area contributed by atoms with Gasteiger partial charge in [-0.2, -0.15) is 0 Å². The fourth-order valence-electron chi connectivity index (χ4n) is 4.87. The smallest absolute Gasteiger partial charge is 0.253 e. The van der Waals surface area contributed by atoms with Crippen molar-refractivity contribution in [3.8, 4) is 0 Å². The Bertz CT molecular complexity index is 1030. The molecule has 2 aromatic rings. The van der Waals surface area contributed by atoms with Crippen LogP contribution in [0, 0.1) is 12.8 Å². The summed E-state index contributed by atoms with van der Waals surface area (Å²) in [5.74, 6) is -0.386. The molecule has 1 atom stereocenters. The molecule has 2 aliphatic rings. The van der Waals surface area contributed by atoms with E-state index in [4.69, 9.17) is 11.6 Å². The second-order valence-electron chi connectivity index (χ2n) is 9.31. The molecular weight excluding hydrogens is 450 g/mol. The lowest BCUT2D eigenvalue weighted by Gasteiger charge is -2.38. The molecule has 0 spiro atoms. The van der Waals surface area contributed by atoms with Crippen LogP contribution in [0.4, 0.5) is 0 Å². The van der Waals surface area contributed by atoms with E-state index in [0.29, 0.717) is 42.1 Å². The monoisotopic (exact) mass is 481 g/mol. The standard InChI is InChI=1S/C27H32ClN3O3/c1-19-9-11-21(12-10-19)26(33)31-17-13-20(14-18-31)24(27(34)30-15-5-2-6-16-30)29-25(32)22-7-3-4-8-23(22)28/h3-4,7-12,20,24H,2,5-6,13-18H2,1H3,(H,29,32). The Kier molecular flexibility index (Phi) is 7.88. The van der Waals surface area contributed by atoms with Crippen LogP contribution >= 0.6 is 11.6 Å². The maximum atomic E-state index is 13.5. The van der Waals surface area contributed by atoms with Crippen molar-refractivity contribution in [1.29, 1.82) is 0 Å². The SMILES string of the molecule is Cc1ccc(C(=O)N2CCC(C(NC(=O)c3ccccc3Cl)C(=O)N3CCCCC3)CC2)cc1. The molecule has 1 unspecified atom stereocenters. The van der Waals surface area contributed by atoms with E-state index in [1.54, 1.807) is 24.3 Å². The minimum absolute atomic E-state index is 0.0115. The summed E-state index contributed by atoms with van der Waals surface area (Å²) in [4.78, 5) is 43.2. The van der Waals surface area contributed by atoms with E-state index in [1.807, 2.05) is 41.0 Å². The lowest BCUT2D eigenvalue weighted by atomic mass is 9.87. The second kappa shape index (κ2) is 11.0. The maximum absolute atomic E-state index is 13.5. The Hall–Kier alpha value is -2.86. The predicted molar refractivity (Wildman–Crippen MR) is 133 cm³/mol. The first kappa shape index (κ1) is 24.3. The van der Waals surface area contributed by atoms with Gasteiger partial charge in [-0.1, -0.05) is 41.4 Å². The number of rotatable bonds is 5. The summed E-state index contributed by atoms with van der Waals surface area (Å²) in [5.41, 5.74) is 2.16. The Morgan fingerprint density at radius 3 is 2.18 bits per heavy atom. The summed E-state index contributed by atoms with van der Waals surface area (Å²) in [6.07, 6.45) is 4.41. The van der Waals surface area contributed by atoms with Crippen molar-refractivity contribution in [1.82, 2.24) is 15.1 Å². The summed E-state index contributed by atoms with van der Waals surface area (Å²) in [6.45, 7) is 4.56. The Labute approximate surface area is 206 Å². The zero-order valence-corrected chi connectivity index (χ0v) is 20.4. The molecule has 0 aromatic heterocycles. The van der Waals surface area contributed by atoms with Crippen LogP contribution in [-0.4, -0.2) is 59.7 Å². The fraction of sp³-hybridized carbons (Fsp3) is 0.444. The Morgan fingerprint density at radius 1 is 0.882 bits per heavy atom. The van der Waals surface area contributed by atoms with Gasteiger partial charge in [0.25, 0.3) is 11.8 Å². The van der Waals surface area contributed by atoms with Crippen molar-refractivity contribution < 1.29 is 14.4 Å². The van der Waals surface area contributed by atoms with Crippen molar-refractivity contribution in [2.24, 2.45) is 5.92 Å². The molecule has 1 N–H and O–H groups in total. The molecule has 0 saturated carbocycles. The van der Waals surface area contributed by atoms with Crippen LogP contribution in [0.25, 0.3) is 0 Å². The lowest BCUT2D eigenvalue weighted by Crippen LogP contribution is -2.55. The Morgan fingerprint density at radius 2 is 1.53 bits per heavy atom. The number of aryl methyl sites for hydroxylation is 1. The second-order valence-corrected chi connectivity index (χ2v) is 9.72. The normalized spacial score (nSPS) is 17.8. The molecule has 2 saturated heterocycles. The van der Waals surface area contributed by atoms with Crippen LogP contribution in [0.2, 0.25) is 5.02 Å². The van der Waals surface area contributed by atoms with Crippen LogP contribution in [0.5, 0.6) is 0 Å². The first-order chi connectivity index (χ1) is 16.4. The highest BCUT2D eigenvalue weighted by Crippen LogP contribution is 2.25. The number of amides is 3. The van der Waals surface area contributed by atoms with Gasteiger partial charge in [0.15, 0.2) is 0 Å². The van der Waals surface area contributed by atoms with E-state index in [9.17, 15) is 14.4 Å². The summed E-state index contributed by atoms with van der Waals surface area (Å²) < 4.78 is 0. The van der Waals surface area contributed by atoms with Crippen LogP contribution in [0.1, 0.15) is 58.4 Å². The molecule has 4 rings (SSSR count). The fourth-order valence-corrected chi connectivity index (χ4v) is 5.09. The molecule has 2 aromatic carbocycles. The van der Waals surface area contributed by atoms with Crippen LogP contribution in [0.15, 0.2) is 48.5 Å². The number of nitrogens with zero attached hydrogens (tertiary/aromatic N) is 2. The third kappa shape index (κ3) is 5.61. The molecule has 2 aliphatic heterocycles. The molecule has 180 valence electrons. The maximum Gasteiger partial charge on any atom is 0.253 e. The van der Waals surface area contributed by atoms with E-state index in [1.165, 1.54) is 0 Å². The molecule has 34 heavy (non-hydrogen) atoms. The number of carbonyl (C=O) groups is 3.